The summed E-state index contributed by atoms with van der Waals surface area (Å²) in [7, 11) is -3.07. The van der Waals surface area contributed by atoms with Crippen molar-refractivity contribution in [2.45, 2.75) is 6.42 Å². The fourth-order valence-electron chi connectivity index (χ4n) is 1.98. The molecule has 0 unspecified atom stereocenters. The van der Waals surface area contributed by atoms with Gasteiger partial charge < -0.3 is 9.73 Å². The van der Waals surface area contributed by atoms with Crippen molar-refractivity contribution in [3.05, 3.63) is 18.4 Å². The summed E-state index contributed by atoms with van der Waals surface area (Å²) in [4.78, 5) is 11.9. The van der Waals surface area contributed by atoms with Crippen LogP contribution in [-0.4, -0.2) is 36.0 Å². The first-order valence-corrected chi connectivity index (χ1v) is 8.56. The molecule has 0 radical (unpaired) electrons. The molecule has 0 bridgehead atoms. The minimum absolute atomic E-state index is 0.0683. The van der Waals surface area contributed by atoms with Crippen molar-refractivity contribution >= 4 is 32.2 Å². The Bertz CT molecular complexity index is 721. The van der Waals surface area contributed by atoms with Crippen LogP contribution >= 0.6 is 11.3 Å². The van der Waals surface area contributed by atoms with Crippen LogP contribution in [0, 0.1) is 5.92 Å². The molecule has 2 aromatic rings. The molecule has 0 aliphatic carbocycles. The summed E-state index contributed by atoms with van der Waals surface area (Å²) in [5, 5.41) is 11.3. The summed E-state index contributed by atoms with van der Waals surface area (Å²) in [6.07, 6.45) is 1.89. The third kappa shape index (κ3) is 2.73. The molecule has 9 heteroatoms. The third-order valence-corrected chi connectivity index (χ3v) is 5.61. The van der Waals surface area contributed by atoms with Gasteiger partial charge in [-0.15, -0.1) is 10.2 Å². The van der Waals surface area contributed by atoms with Crippen LogP contribution in [0.15, 0.2) is 22.8 Å². The number of sulfone groups is 1. The highest BCUT2D eigenvalue weighted by molar-refractivity contribution is 7.91. The quantitative estimate of drug-likeness (QED) is 0.912. The Labute approximate surface area is 118 Å². The Morgan fingerprint density at radius 3 is 2.95 bits per heavy atom. The lowest BCUT2D eigenvalue weighted by Crippen LogP contribution is -2.23. The summed E-state index contributed by atoms with van der Waals surface area (Å²) in [6, 6.07) is 3.48. The van der Waals surface area contributed by atoms with E-state index in [1.54, 1.807) is 12.1 Å². The summed E-state index contributed by atoms with van der Waals surface area (Å²) >= 11 is 1.18. The number of carbonyl (C=O) groups excluding carboxylic acids is 1. The summed E-state index contributed by atoms with van der Waals surface area (Å²) in [6.45, 7) is 0. The molecule has 1 saturated heterocycles. The lowest BCUT2D eigenvalue weighted by Gasteiger charge is -2.05. The van der Waals surface area contributed by atoms with Gasteiger partial charge in [-0.05, 0) is 18.6 Å². The van der Waals surface area contributed by atoms with Crippen molar-refractivity contribution in [3.63, 3.8) is 0 Å². The van der Waals surface area contributed by atoms with E-state index in [1.165, 1.54) is 17.6 Å². The van der Waals surface area contributed by atoms with Crippen molar-refractivity contribution in [2.75, 3.05) is 16.8 Å². The number of furan rings is 1. The number of anilines is 1. The number of carbonyl (C=O) groups is 1. The van der Waals surface area contributed by atoms with E-state index in [9.17, 15) is 13.2 Å². The molecule has 3 rings (SSSR count). The standard InChI is InChI=1S/C11H11N3O4S2/c15-9(7-3-5-20(16,17)6-7)12-11-14-13-10(19-11)8-2-1-4-18-8/h1-2,4,7H,3,5-6H2,(H,12,14,15)/t7-/m0/s1. The average molecular weight is 313 g/mol. The normalized spacial score (nSPS) is 20.9. The predicted molar refractivity (Wildman–Crippen MR) is 73.0 cm³/mol. The van der Waals surface area contributed by atoms with Crippen molar-refractivity contribution in [1.29, 1.82) is 0 Å². The molecule has 20 heavy (non-hydrogen) atoms. The highest BCUT2D eigenvalue weighted by Gasteiger charge is 2.33. The SMILES string of the molecule is O=C(Nc1nnc(-c2ccco2)s1)[C@H]1CCS(=O)(=O)C1. The molecule has 0 spiro atoms. The number of amides is 1. The van der Waals surface area contributed by atoms with Gasteiger partial charge in [0.05, 0.1) is 23.7 Å². The maximum absolute atomic E-state index is 11.9. The van der Waals surface area contributed by atoms with E-state index in [-0.39, 0.29) is 17.4 Å². The summed E-state index contributed by atoms with van der Waals surface area (Å²) in [5.74, 6) is -0.280. The van der Waals surface area contributed by atoms with Gasteiger partial charge in [-0.3, -0.25) is 4.79 Å². The maximum atomic E-state index is 11.9. The Balaban J connectivity index is 1.68. The van der Waals surface area contributed by atoms with E-state index in [1.807, 2.05) is 0 Å². The molecule has 106 valence electrons. The highest BCUT2D eigenvalue weighted by Crippen LogP contribution is 2.27. The third-order valence-electron chi connectivity index (χ3n) is 2.99. The van der Waals surface area contributed by atoms with E-state index in [4.69, 9.17) is 4.42 Å². The zero-order chi connectivity index (χ0) is 14.2. The second kappa shape index (κ2) is 4.98. The molecule has 2 aromatic heterocycles. The Hall–Kier alpha value is -1.74. The smallest absolute Gasteiger partial charge is 0.230 e. The lowest BCUT2D eigenvalue weighted by atomic mass is 10.1. The number of rotatable bonds is 3. The van der Waals surface area contributed by atoms with Gasteiger partial charge in [0.1, 0.15) is 0 Å². The van der Waals surface area contributed by atoms with Crippen LogP contribution in [0.25, 0.3) is 10.8 Å². The minimum atomic E-state index is -3.07. The Morgan fingerprint density at radius 1 is 1.45 bits per heavy atom. The molecule has 7 nitrogen and oxygen atoms in total. The van der Waals surface area contributed by atoms with Gasteiger partial charge in [0.15, 0.2) is 20.6 Å². The molecule has 0 saturated carbocycles. The fraction of sp³-hybridized carbons (Fsp3) is 0.364. The summed E-state index contributed by atoms with van der Waals surface area (Å²) in [5.41, 5.74) is 0. The molecular formula is C11H11N3O4S2. The highest BCUT2D eigenvalue weighted by atomic mass is 32.2. The molecule has 1 aliphatic rings. The van der Waals surface area contributed by atoms with Crippen LogP contribution in [0.2, 0.25) is 0 Å². The van der Waals surface area contributed by atoms with Crippen LogP contribution in [0.5, 0.6) is 0 Å². The second-order valence-electron chi connectivity index (χ2n) is 4.48. The fourth-order valence-corrected chi connectivity index (χ4v) is 4.44. The van der Waals surface area contributed by atoms with E-state index < -0.39 is 15.8 Å². The number of nitrogens with zero attached hydrogens (tertiary/aromatic N) is 2. The molecule has 1 aliphatic heterocycles. The Kier molecular flexibility index (Phi) is 3.30. The van der Waals surface area contributed by atoms with Crippen LogP contribution < -0.4 is 5.32 Å². The zero-order valence-corrected chi connectivity index (χ0v) is 11.9. The van der Waals surface area contributed by atoms with E-state index in [0.29, 0.717) is 22.3 Å². The van der Waals surface area contributed by atoms with Crippen LogP contribution in [0.3, 0.4) is 0 Å². The second-order valence-corrected chi connectivity index (χ2v) is 7.69. The topological polar surface area (TPSA) is 102 Å². The number of hydrogen-bond acceptors (Lipinski definition) is 7. The summed E-state index contributed by atoms with van der Waals surface area (Å²) < 4.78 is 27.9. The van der Waals surface area contributed by atoms with Crippen molar-refractivity contribution in [1.82, 2.24) is 10.2 Å². The minimum Gasteiger partial charge on any atom is -0.462 e. The number of aromatic nitrogens is 2. The molecule has 1 amide bonds. The van der Waals surface area contributed by atoms with Gasteiger partial charge >= 0.3 is 0 Å². The van der Waals surface area contributed by atoms with Crippen molar-refractivity contribution in [2.24, 2.45) is 5.92 Å². The first-order valence-electron chi connectivity index (χ1n) is 5.92. The largest absolute Gasteiger partial charge is 0.462 e. The molecule has 3 heterocycles. The average Bonchev–Trinajstić information content (AvgIpc) is 3.07. The lowest BCUT2D eigenvalue weighted by molar-refractivity contribution is -0.119. The first-order chi connectivity index (χ1) is 9.53. The van der Waals surface area contributed by atoms with Crippen LogP contribution in [-0.2, 0) is 14.6 Å². The predicted octanol–water partition coefficient (Wildman–Crippen LogP) is 1.17. The van der Waals surface area contributed by atoms with Crippen LogP contribution in [0.1, 0.15) is 6.42 Å². The van der Waals surface area contributed by atoms with Crippen molar-refractivity contribution in [3.8, 4) is 10.8 Å². The number of hydrogen-bond donors (Lipinski definition) is 1. The molecule has 0 aromatic carbocycles. The maximum Gasteiger partial charge on any atom is 0.230 e. The van der Waals surface area contributed by atoms with Gasteiger partial charge in [-0.2, -0.15) is 0 Å². The molecule has 1 N–H and O–H groups in total. The van der Waals surface area contributed by atoms with Gasteiger partial charge in [0, 0.05) is 0 Å². The number of nitrogens with one attached hydrogen (secondary N) is 1. The zero-order valence-electron chi connectivity index (χ0n) is 10.3. The molecular weight excluding hydrogens is 302 g/mol. The monoisotopic (exact) mass is 313 g/mol. The molecule has 1 fully saturated rings. The van der Waals surface area contributed by atoms with Crippen LogP contribution in [0.4, 0.5) is 5.13 Å². The van der Waals surface area contributed by atoms with Gasteiger partial charge in [0.2, 0.25) is 11.0 Å². The van der Waals surface area contributed by atoms with E-state index in [2.05, 4.69) is 15.5 Å². The Morgan fingerprint density at radius 2 is 2.30 bits per heavy atom. The van der Waals surface area contributed by atoms with Gasteiger partial charge in [-0.1, -0.05) is 11.3 Å². The first kappa shape index (κ1) is 13.3. The van der Waals surface area contributed by atoms with Gasteiger partial charge in [-0.25, -0.2) is 8.42 Å². The van der Waals surface area contributed by atoms with E-state index >= 15 is 0 Å². The van der Waals surface area contributed by atoms with Crippen molar-refractivity contribution < 1.29 is 17.6 Å². The van der Waals surface area contributed by atoms with E-state index in [0.717, 1.165) is 0 Å². The molecule has 1 atom stereocenters. The van der Waals surface area contributed by atoms with Gasteiger partial charge in [0.25, 0.3) is 0 Å².